The highest BCUT2D eigenvalue weighted by atomic mass is 32.2. The van der Waals surface area contributed by atoms with Gasteiger partial charge in [0, 0.05) is 13.0 Å². The molecule has 0 radical (unpaired) electrons. The summed E-state index contributed by atoms with van der Waals surface area (Å²) in [5, 5.41) is 12.6. The summed E-state index contributed by atoms with van der Waals surface area (Å²) in [6.07, 6.45) is 2.10. The maximum Gasteiger partial charge on any atom is 0.310 e. The highest BCUT2D eigenvalue weighted by molar-refractivity contribution is 7.99. The van der Waals surface area contributed by atoms with Crippen molar-refractivity contribution in [2.45, 2.75) is 25.7 Å². The fourth-order valence-electron chi connectivity index (χ4n) is 3.42. The number of hydrogen-bond donors (Lipinski definition) is 2. The Labute approximate surface area is 134 Å². The maximum atomic E-state index is 12.2. The monoisotopic (exact) mass is 319 g/mol. The van der Waals surface area contributed by atoms with Crippen molar-refractivity contribution in [1.29, 1.82) is 0 Å². The molecule has 0 bridgehead atoms. The van der Waals surface area contributed by atoms with Crippen LogP contribution in [-0.4, -0.2) is 35.0 Å². The third kappa shape index (κ3) is 3.14. The van der Waals surface area contributed by atoms with Gasteiger partial charge >= 0.3 is 5.97 Å². The summed E-state index contributed by atoms with van der Waals surface area (Å²) in [5.74, 6) is 1.79. The quantitative estimate of drug-likeness (QED) is 0.872. The summed E-state index contributed by atoms with van der Waals surface area (Å²) in [4.78, 5) is 24.0. The van der Waals surface area contributed by atoms with Crippen molar-refractivity contribution in [3.8, 4) is 0 Å². The van der Waals surface area contributed by atoms with Crippen LogP contribution in [0.4, 0.5) is 0 Å². The highest BCUT2D eigenvalue weighted by Crippen LogP contribution is 2.40. The number of amides is 1. The summed E-state index contributed by atoms with van der Waals surface area (Å²) in [6.45, 7) is 0.675. The molecule has 1 atom stereocenters. The van der Waals surface area contributed by atoms with Gasteiger partial charge in [0.05, 0.1) is 5.41 Å². The number of carboxylic acid groups (broad SMARTS) is 1. The molecule has 1 heterocycles. The van der Waals surface area contributed by atoms with Gasteiger partial charge in [-0.3, -0.25) is 9.59 Å². The number of carbonyl (C=O) groups excluding carboxylic acids is 1. The zero-order valence-corrected chi connectivity index (χ0v) is 13.3. The molecule has 5 heteroatoms. The molecular formula is C17H21NO3S. The average molecular weight is 319 g/mol. The maximum absolute atomic E-state index is 12.2. The first-order chi connectivity index (χ1) is 10.6. The van der Waals surface area contributed by atoms with Crippen molar-refractivity contribution in [2.75, 3.05) is 18.1 Å². The Morgan fingerprint density at radius 3 is 2.50 bits per heavy atom. The molecule has 22 heavy (non-hydrogen) atoms. The summed E-state index contributed by atoms with van der Waals surface area (Å²) in [5.41, 5.74) is 1.15. The Morgan fingerprint density at radius 1 is 1.27 bits per heavy atom. The zero-order valence-electron chi connectivity index (χ0n) is 12.5. The largest absolute Gasteiger partial charge is 0.481 e. The third-order valence-electron chi connectivity index (χ3n) is 4.74. The van der Waals surface area contributed by atoms with Crippen LogP contribution >= 0.6 is 11.8 Å². The number of fused-ring (bicyclic) bond motifs is 1. The van der Waals surface area contributed by atoms with E-state index >= 15 is 0 Å². The second-order valence-electron chi connectivity index (χ2n) is 6.42. The summed E-state index contributed by atoms with van der Waals surface area (Å²) in [7, 11) is 0. The van der Waals surface area contributed by atoms with Crippen molar-refractivity contribution >= 4 is 23.6 Å². The first-order valence-corrected chi connectivity index (χ1v) is 8.89. The van der Waals surface area contributed by atoms with Crippen LogP contribution in [0, 0.1) is 11.3 Å². The topological polar surface area (TPSA) is 66.4 Å². The smallest absolute Gasteiger partial charge is 0.310 e. The van der Waals surface area contributed by atoms with Gasteiger partial charge in [-0.1, -0.05) is 24.3 Å². The number of benzene rings is 1. The molecule has 0 aromatic heterocycles. The number of aliphatic carboxylic acids is 1. The molecule has 1 aromatic rings. The summed E-state index contributed by atoms with van der Waals surface area (Å²) in [6, 6.07) is 7.78. The van der Waals surface area contributed by atoms with Gasteiger partial charge in [0.2, 0.25) is 5.91 Å². The standard InChI is InChI=1S/C17H21NO3S/c19-15(18-10-12-5-6-22-11-12)9-17(16(20)21)7-13-3-1-2-4-14(13)8-17/h1-4,12H,5-11H2,(H,18,19)(H,20,21). The molecule has 3 rings (SSSR count). The summed E-state index contributed by atoms with van der Waals surface area (Å²) >= 11 is 1.92. The molecule has 2 aliphatic rings. The van der Waals surface area contributed by atoms with E-state index in [9.17, 15) is 14.7 Å². The van der Waals surface area contributed by atoms with E-state index in [0.29, 0.717) is 25.3 Å². The van der Waals surface area contributed by atoms with Crippen LogP contribution in [0.1, 0.15) is 24.0 Å². The van der Waals surface area contributed by atoms with Gasteiger partial charge < -0.3 is 10.4 Å². The van der Waals surface area contributed by atoms with E-state index in [1.165, 1.54) is 0 Å². The Kier molecular flexibility index (Phi) is 4.43. The van der Waals surface area contributed by atoms with Crippen LogP contribution < -0.4 is 5.32 Å². The molecule has 118 valence electrons. The zero-order chi connectivity index (χ0) is 15.6. The van der Waals surface area contributed by atoms with Crippen molar-refractivity contribution in [3.05, 3.63) is 35.4 Å². The lowest BCUT2D eigenvalue weighted by Crippen LogP contribution is -2.39. The van der Waals surface area contributed by atoms with Crippen LogP contribution in [0.25, 0.3) is 0 Å². The number of rotatable bonds is 5. The Hall–Kier alpha value is -1.49. The van der Waals surface area contributed by atoms with Gasteiger partial charge in [-0.05, 0) is 47.8 Å². The first kappa shape index (κ1) is 15.4. The third-order valence-corrected chi connectivity index (χ3v) is 5.97. The number of carbonyl (C=O) groups is 2. The fraction of sp³-hybridized carbons (Fsp3) is 0.529. The Morgan fingerprint density at radius 2 is 1.95 bits per heavy atom. The predicted molar refractivity (Wildman–Crippen MR) is 87.0 cm³/mol. The summed E-state index contributed by atoms with van der Waals surface area (Å²) < 4.78 is 0. The molecule has 2 N–H and O–H groups in total. The van der Waals surface area contributed by atoms with Crippen LogP contribution in [0.3, 0.4) is 0 Å². The second-order valence-corrected chi connectivity index (χ2v) is 7.57. The Bertz CT molecular complexity index is 556. The Balaban J connectivity index is 1.63. The number of hydrogen-bond acceptors (Lipinski definition) is 3. The molecule has 1 unspecified atom stereocenters. The van der Waals surface area contributed by atoms with Crippen molar-refractivity contribution in [2.24, 2.45) is 11.3 Å². The molecule has 4 nitrogen and oxygen atoms in total. The van der Waals surface area contributed by atoms with Gasteiger partial charge in [0.1, 0.15) is 0 Å². The first-order valence-electron chi connectivity index (χ1n) is 7.74. The molecule has 1 aliphatic heterocycles. The van der Waals surface area contributed by atoms with E-state index in [1.807, 2.05) is 36.0 Å². The normalized spacial score (nSPS) is 22.3. The number of thioether (sulfide) groups is 1. The molecule has 0 saturated carbocycles. The number of nitrogens with one attached hydrogen (secondary N) is 1. The highest BCUT2D eigenvalue weighted by Gasteiger charge is 2.45. The molecule has 1 saturated heterocycles. The van der Waals surface area contributed by atoms with Crippen molar-refractivity contribution in [3.63, 3.8) is 0 Å². The molecule has 1 fully saturated rings. The molecule has 0 spiro atoms. The van der Waals surface area contributed by atoms with Crippen LogP contribution in [0.2, 0.25) is 0 Å². The minimum absolute atomic E-state index is 0.0663. The minimum Gasteiger partial charge on any atom is -0.481 e. The fourth-order valence-corrected chi connectivity index (χ4v) is 4.70. The second kappa shape index (κ2) is 6.32. The van der Waals surface area contributed by atoms with Gasteiger partial charge in [0.15, 0.2) is 0 Å². The van der Waals surface area contributed by atoms with E-state index < -0.39 is 11.4 Å². The lowest BCUT2D eigenvalue weighted by molar-refractivity contribution is -0.151. The van der Waals surface area contributed by atoms with Crippen molar-refractivity contribution in [1.82, 2.24) is 5.32 Å². The molecular weight excluding hydrogens is 298 g/mol. The van der Waals surface area contributed by atoms with Gasteiger partial charge in [-0.2, -0.15) is 11.8 Å². The van der Waals surface area contributed by atoms with Gasteiger partial charge in [0.25, 0.3) is 0 Å². The van der Waals surface area contributed by atoms with Crippen LogP contribution in [-0.2, 0) is 22.4 Å². The molecule has 1 amide bonds. The van der Waals surface area contributed by atoms with Gasteiger partial charge in [-0.25, -0.2) is 0 Å². The SMILES string of the molecule is O=C(CC1(C(=O)O)Cc2ccccc2C1)NCC1CCSC1. The minimum atomic E-state index is -0.974. The average Bonchev–Trinajstić information content (AvgIpc) is 3.12. The van der Waals surface area contributed by atoms with E-state index in [4.69, 9.17) is 0 Å². The van der Waals surface area contributed by atoms with E-state index in [0.717, 1.165) is 29.1 Å². The van der Waals surface area contributed by atoms with Crippen molar-refractivity contribution < 1.29 is 14.7 Å². The van der Waals surface area contributed by atoms with Crippen LogP contribution in [0.15, 0.2) is 24.3 Å². The molecule has 1 aromatic carbocycles. The van der Waals surface area contributed by atoms with E-state index in [1.54, 1.807) is 0 Å². The predicted octanol–water partition coefficient (Wildman–Crippen LogP) is 2.12. The lowest BCUT2D eigenvalue weighted by Gasteiger charge is -2.23. The van der Waals surface area contributed by atoms with E-state index in [2.05, 4.69) is 5.32 Å². The molecule has 1 aliphatic carbocycles. The lowest BCUT2D eigenvalue weighted by atomic mass is 9.81. The number of carboxylic acids is 1. The van der Waals surface area contributed by atoms with Crippen LogP contribution in [0.5, 0.6) is 0 Å². The van der Waals surface area contributed by atoms with Gasteiger partial charge in [-0.15, -0.1) is 0 Å². The van der Waals surface area contributed by atoms with E-state index in [-0.39, 0.29) is 12.3 Å².